The van der Waals surface area contributed by atoms with Gasteiger partial charge in [0.1, 0.15) is 0 Å². The Morgan fingerprint density at radius 1 is 1.30 bits per heavy atom. The molecule has 0 unspecified atom stereocenters. The Morgan fingerprint density at radius 3 is 2.45 bits per heavy atom. The highest BCUT2D eigenvalue weighted by Gasteiger charge is 2.19. The van der Waals surface area contributed by atoms with E-state index in [-0.39, 0.29) is 16.4 Å². The molecule has 0 amide bonds. The smallest absolute Gasteiger partial charge is 0.263 e. The van der Waals surface area contributed by atoms with E-state index in [0.717, 1.165) is 11.3 Å². The van der Waals surface area contributed by atoms with Crippen LogP contribution in [-0.4, -0.2) is 18.6 Å². The second-order valence-electron chi connectivity index (χ2n) is 4.57. The number of nitrogens with zero attached hydrogens (tertiary/aromatic N) is 1. The fourth-order valence-electron chi connectivity index (χ4n) is 1.69. The molecule has 20 heavy (non-hydrogen) atoms. The number of nitrogens with two attached hydrogens (primary N) is 1. The Labute approximate surface area is 122 Å². The van der Waals surface area contributed by atoms with Crippen molar-refractivity contribution in [3.8, 4) is 0 Å². The van der Waals surface area contributed by atoms with E-state index in [4.69, 9.17) is 17.3 Å². The van der Waals surface area contributed by atoms with Crippen molar-refractivity contribution in [1.29, 1.82) is 0 Å². The number of rotatable bonds is 3. The Kier molecular flexibility index (Phi) is 3.66. The molecule has 0 saturated heterocycles. The van der Waals surface area contributed by atoms with E-state index < -0.39 is 10.0 Å². The summed E-state index contributed by atoms with van der Waals surface area (Å²) in [6.45, 7) is 5.28. The highest BCUT2D eigenvalue weighted by Crippen LogP contribution is 2.28. The van der Waals surface area contributed by atoms with Crippen molar-refractivity contribution in [2.45, 2.75) is 25.7 Å². The predicted octanol–water partition coefficient (Wildman–Crippen LogP) is 2.37. The first-order valence-electron chi connectivity index (χ1n) is 5.82. The molecule has 0 bridgehead atoms. The van der Waals surface area contributed by atoms with Crippen molar-refractivity contribution in [2.75, 3.05) is 10.5 Å². The number of benzene rings is 1. The Hall–Kier alpha value is -1.73. The summed E-state index contributed by atoms with van der Waals surface area (Å²) in [5.41, 5.74) is 8.07. The van der Waals surface area contributed by atoms with Gasteiger partial charge in [-0.2, -0.15) is 5.10 Å². The summed E-state index contributed by atoms with van der Waals surface area (Å²) in [7, 11) is -3.76. The molecule has 0 radical (unpaired) electrons. The van der Waals surface area contributed by atoms with Crippen molar-refractivity contribution >= 4 is 33.1 Å². The second kappa shape index (κ2) is 4.99. The number of anilines is 2. The van der Waals surface area contributed by atoms with Crippen LogP contribution in [0.2, 0.25) is 5.02 Å². The van der Waals surface area contributed by atoms with Crippen LogP contribution in [0.15, 0.2) is 17.0 Å². The number of aryl methyl sites for hydroxylation is 2. The van der Waals surface area contributed by atoms with Crippen LogP contribution in [0.4, 0.5) is 11.5 Å². The molecule has 2 rings (SSSR count). The number of nitrogens with one attached hydrogen (secondary N) is 2. The van der Waals surface area contributed by atoms with Crippen LogP contribution in [0.3, 0.4) is 0 Å². The first-order valence-corrected chi connectivity index (χ1v) is 7.68. The van der Waals surface area contributed by atoms with E-state index in [9.17, 15) is 8.42 Å². The molecule has 0 fully saturated rings. The van der Waals surface area contributed by atoms with Crippen molar-refractivity contribution in [1.82, 2.24) is 10.2 Å². The summed E-state index contributed by atoms with van der Waals surface area (Å²) in [5.74, 6) is 0.272. The minimum atomic E-state index is -3.76. The first kappa shape index (κ1) is 14.7. The fourth-order valence-corrected chi connectivity index (χ4v) is 2.98. The van der Waals surface area contributed by atoms with Crippen LogP contribution in [0.5, 0.6) is 0 Å². The Bertz CT molecular complexity index is 745. The maximum Gasteiger partial charge on any atom is 0.263 e. The van der Waals surface area contributed by atoms with Gasteiger partial charge >= 0.3 is 0 Å². The molecule has 2 aromatic rings. The summed E-state index contributed by atoms with van der Waals surface area (Å²) >= 11 is 5.93. The lowest BCUT2D eigenvalue weighted by Crippen LogP contribution is -2.14. The summed E-state index contributed by atoms with van der Waals surface area (Å²) in [6.07, 6.45) is 0. The molecule has 8 heteroatoms. The third-order valence-electron chi connectivity index (χ3n) is 3.05. The predicted molar refractivity (Wildman–Crippen MR) is 79.5 cm³/mol. The highest BCUT2D eigenvalue weighted by molar-refractivity contribution is 7.92. The average Bonchev–Trinajstić information content (AvgIpc) is 2.67. The number of aromatic nitrogens is 2. The highest BCUT2D eigenvalue weighted by atomic mass is 35.5. The van der Waals surface area contributed by atoms with Crippen molar-refractivity contribution in [3.05, 3.63) is 34.0 Å². The van der Waals surface area contributed by atoms with Gasteiger partial charge < -0.3 is 5.73 Å². The summed E-state index contributed by atoms with van der Waals surface area (Å²) in [6, 6.07) is 2.79. The zero-order valence-corrected chi connectivity index (χ0v) is 12.9. The van der Waals surface area contributed by atoms with Gasteiger partial charge in [0.05, 0.1) is 15.6 Å². The number of halogens is 1. The van der Waals surface area contributed by atoms with E-state index in [1.807, 2.05) is 6.92 Å². The number of aromatic amines is 1. The van der Waals surface area contributed by atoms with Gasteiger partial charge in [-0.3, -0.25) is 9.82 Å². The normalized spacial score (nSPS) is 11.6. The third kappa shape index (κ3) is 2.59. The van der Waals surface area contributed by atoms with Gasteiger partial charge in [-0.25, -0.2) is 8.42 Å². The van der Waals surface area contributed by atoms with E-state index in [2.05, 4.69) is 14.9 Å². The molecule has 0 aliphatic carbocycles. The fraction of sp³-hybridized carbons (Fsp3) is 0.250. The lowest BCUT2D eigenvalue weighted by molar-refractivity contribution is 0.601. The van der Waals surface area contributed by atoms with E-state index >= 15 is 0 Å². The topological polar surface area (TPSA) is 101 Å². The minimum Gasteiger partial charge on any atom is -0.397 e. The number of hydrogen-bond acceptors (Lipinski definition) is 4. The molecule has 0 spiro atoms. The van der Waals surface area contributed by atoms with Gasteiger partial charge in [0.2, 0.25) is 0 Å². The van der Waals surface area contributed by atoms with Gasteiger partial charge in [-0.1, -0.05) is 11.6 Å². The van der Waals surface area contributed by atoms with Gasteiger partial charge in [-0.05, 0) is 38.5 Å². The van der Waals surface area contributed by atoms with Crippen molar-refractivity contribution in [2.24, 2.45) is 0 Å². The molecule has 0 aliphatic heterocycles. The molecule has 1 heterocycles. The average molecular weight is 315 g/mol. The third-order valence-corrected chi connectivity index (χ3v) is 4.89. The zero-order valence-electron chi connectivity index (χ0n) is 11.3. The van der Waals surface area contributed by atoms with E-state index in [1.54, 1.807) is 13.8 Å². The maximum absolute atomic E-state index is 12.3. The SMILES string of the molecule is Cc1cc(S(=O)(=O)Nc2n[nH]c(C)c2C)cc(N)c1Cl. The largest absolute Gasteiger partial charge is 0.397 e. The number of nitrogen functional groups attached to an aromatic ring is 1. The molecule has 108 valence electrons. The molecular formula is C12H15ClN4O2S. The number of sulfonamides is 1. The minimum absolute atomic E-state index is 0.0527. The van der Waals surface area contributed by atoms with Gasteiger partial charge in [0.15, 0.2) is 5.82 Å². The molecule has 6 nitrogen and oxygen atoms in total. The van der Waals surface area contributed by atoms with Crippen LogP contribution < -0.4 is 10.5 Å². The Balaban J connectivity index is 2.43. The van der Waals surface area contributed by atoms with Crippen LogP contribution in [0.25, 0.3) is 0 Å². The van der Waals surface area contributed by atoms with E-state index in [0.29, 0.717) is 10.6 Å². The molecule has 1 aromatic carbocycles. The molecule has 0 aliphatic rings. The van der Waals surface area contributed by atoms with E-state index in [1.165, 1.54) is 12.1 Å². The van der Waals surface area contributed by atoms with Crippen molar-refractivity contribution < 1.29 is 8.42 Å². The number of H-pyrrole nitrogens is 1. The molecular weight excluding hydrogens is 300 g/mol. The van der Waals surface area contributed by atoms with Gasteiger partial charge in [0.25, 0.3) is 10.0 Å². The summed E-state index contributed by atoms with van der Waals surface area (Å²) in [5, 5.41) is 6.99. The summed E-state index contributed by atoms with van der Waals surface area (Å²) in [4.78, 5) is 0.0527. The van der Waals surface area contributed by atoms with Crippen molar-refractivity contribution in [3.63, 3.8) is 0 Å². The lowest BCUT2D eigenvalue weighted by Gasteiger charge is -2.10. The summed E-state index contributed by atoms with van der Waals surface area (Å²) < 4.78 is 27.1. The molecule has 4 N–H and O–H groups in total. The molecule has 1 aromatic heterocycles. The quantitative estimate of drug-likeness (QED) is 0.757. The monoisotopic (exact) mass is 314 g/mol. The maximum atomic E-state index is 12.3. The standard InChI is InChI=1S/C12H15ClN4O2S/c1-6-4-9(5-10(14)11(6)13)20(18,19)17-12-7(2)8(3)15-16-12/h4-5H,14H2,1-3H3,(H2,15,16,17). The zero-order chi connectivity index (χ0) is 15.1. The first-order chi connectivity index (χ1) is 9.22. The van der Waals surface area contributed by atoms with Crippen LogP contribution in [-0.2, 0) is 10.0 Å². The van der Waals surface area contributed by atoms with Crippen LogP contribution >= 0.6 is 11.6 Å². The molecule has 0 atom stereocenters. The van der Waals surface area contributed by atoms with Crippen LogP contribution in [0, 0.1) is 20.8 Å². The Morgan fingerprint density at radius 2 is 1.95 bits per heavy atom. The van der Waals surface area contributed by atoms with Crippen LogP contribution in [0.1, 0.15) is 16.8 Å². The number of hydrogen-bond donors (Lipinski definition) is 3. The molecule has 0 saturated carbocycles. The van der Waals surface area contributed by atoms with Gasteiger partial charge in [0, 0.05) is 11.3 Å². The second-order valence-corrected chi connectivity index (χ2v) is 6.63. The lowest BCUT2D eigenvalue weighted by atomic mass is 10.2. The van der Waals surface area contributed by atoms with Gasteiger partial charge in [-0.15, -0.1) is 0 Å².